The van der Waals surface area contributed by atoms with Crippen molar-refractivity contribution in [1.82, 2.24) is 15.1 Å². The summed E-state index contributed by atoms with van der Waals surface area (Å²) in [4.78, 5) is 4.38. The van der Waals surface area contributed by atoms with E-state index in [1.165, 1.54) is 5.69 Å². The summed E-state index contributed by atoms with van der Waals surface area (Å²) in [7, 11) is 1.95. The Labute approximate surface area is 87.8 Å². The van der Waals surface area contributed by atoms with Crippen LogP contribution in [-0.4, -0.2) is 26.7 Å². The number of aryl methyl sites for hydroxylation is 1. The Hall–Kier alpha value is -0.970. The highest BCUT2D eigenvalue weighted by Crippen LogP contribution is 2.18. The van der Waals surface area contributed by atoms with E-state index >= 15 is 0 Å². The molecule has 4 nitrogen and oxygen atoms in total. The first-order valence-corrected chi connectivity index (χ1v) is 5.55. The van der Waals surface area contributed by atoms with Gasteiger partial charge < -0.3 is 5.32 Å². The van der Waals surface area contributed by atoms with Crippen LogP contribution in [0.25, 0.3) is 0 Å². The van der Waals surface area contributed by atoms with Gasteiger partial charge in [0.25, 0.3) is 0 Å². The second kappa shape index (κ2) is 4.04. The summed E-state index contributed by atoms with van der Waals surface area (Å²) in [5.74, 6) is 0. The topological polar surface area (TPSA) is 42.2 Å². The minimum atomic E-state index is 0.615. The van der Waals surface area contributed by atoms with Gasteiger partial charge in [-0.25, -0.2) is 0 Å². The zero-order chi connectivity index (χ0) is 9.97. The van der Waals surface area contributed by atoms with E-state index in [1.54, 1.807) is 11.8 Å². The maximum absolute atomic E-state index is 4.38. The van der Waals surface area contributed by atoms with Crippen molar-refractivity contribution >= 4 is 16.9 Å². The maximum Gasteiger partial charge on any atom is 0.157 e. The summed E-state index contributed by atoms with van der Waals surface area (Å²) in [6.45, 7) is 3.92. The van der Waals surface area contributed by atoms with E-state index in [4.69, 9.17) is 0 Å². The molecule has 5 heteroatoms. The minimum Gasteiger partial charge on any atom is -0.359 e. The summed E-state index contributed by atoms with van der Waals surface area (Å²) >= 11 is 1.80. The number of amidine groups is 1. The Morgan fingerprint density at radius 3 is 3.14 bits per heavy atom. The van der Waals surface area contributed by atoms with Crippen LogP contribution >= 0.6 is 11.8 Å². The molecule has 0 radical (unpaired) electrons. The molecule has 0 aromatic carbocycles. The lowest BCUT2D eigenvalue weighted by Gasteiger charge is -2.05. The Morgan fingerprint density at radius 2 is 2.57 bits per heavy atom. The van der Waals surface area contributed by atoms with Gasteiger partial charge in [0.2, 0.25) is 0 Å². The average molecular weight is 210 g/mol. The Morgan fingerprint density at radius 1 is 1.71 bits per heavy atom. The first kappa shape index (κ1) is 9.58. The Bertz CT molecular complexity index is 344. The molecule has 0 spiro atoms. The maximum atomic E-state index is 4.38. The zero-order valence-corrected chi connectivity index (χ0v) is 9.21. The molecule has 0 amide bonds. The van der Waals surface area contributed by atoms with Gasteiger partial charge in [-0.15, -0.1) is 0 Å². The van der Waals surface area contributed by atoms with Gasteiger partial charge >= 0.3 is 0 Å². The van der Waals surface area contributed by atoms with Crippen LogP contribution in [0.4, 0.5) is 0 Å². The quantitative estimate of drug-likeness (QED) is 0.792. The smallest absolute Gasteiger partial charge is 0.157 e. The molecular weight excluding hydrogens is 196 g/mol. The van der Waals surface area contributed by atoms with Crippen LogP contribution in [0.2, 0.25) is 0 Å². The fraction of sp³-hybridized carbons (Fsp3) is 0.556. The third-order valence-corrected chi connectivity index (χ3v) is 3.20. The van der Waals surface area contributed by atoms with Crippen molar-refractivity contribution in [2.45, 2.75) is 18.7 Å². The first-order valence-electron chi connectivity index (χ1n) is 4.67. The molecule has 0 aliphatic carbocycles. The van der Waals surface area contributed by atoms with Gasteiger partial charge in [-0.3, -0.25) is 9.67 Å². The fourth-order valence-electron chi connectivity index (χ4n) is 1.32. The highest BCUT2D eigenvalue weighted by atomic mass is 32.2. The van der Waals surface area contributed by atoms with Gasteiger partial charge in [0, 0.05) is 18.5 Å². The molecule has 1 unspecified atom stereocenters. The number of aromatic nitrogens is 2. The molecule has 2 heterocycles. The summed E-state index contributed by atoms with van der Waals surface area (Å²) in [6, 6.07) is 2.01. The number of nitrogens with zero attached hydrogens (tertiary/aromatic N) is 3. The van der Waals surface area contributed by atoms with E-state index in [0.717, 1.165) is 18.3 Å². The molecule has 14 heavy (non-hydrogen) atoms. The molecular formula is C9H14N4S. The number of nitrogens with one attached hydrogen (secondary N) is 1. The largest absolute Gasteiger partial charge is 0.359 e. The van der Waals surface area contributed by atoms with Crippen molar-refractivity contribution < 1.29 is 0 Å². The molecule has 1 N–H and O–H groups in total. The molecule has 1 aliphatic heterocycles. The molecule has 1 aromatic heterocycles. The molecule has 2 rings (SSSR count). The molecule has 0 saturated heterocycles. The second-order valence-electron chi connectivity index (χ2n) is 3.37. The van der Waals surface area contributed by atoms with Gasteiger partial charge in [0.1, 0.15) is 0 Å². The van der Waals surface area contributed by atoms with Gasteiger partial charge in [-0.1, -0.05) is 18.7 Å². The lowest BCUT2D eigenvalue weighted by molar-refractivity contribution is 0.695. The van der Waals surface area contributed by atoms with Crippen molar-refractivity contribution in [2.75, 3.05) is 6.54 Å². The standard InChI is InChI=1S/C9H14N4S/c1-7-5-10-9(14-7)11-6-8-3-4-12-13(8)2/h3-4,7H,5-6H2,1-2H3,(H,10,11). The molecule has 0 saturated carbocycles. The summed E-state index contributed by atoms with van der Waals surface area (Å²) in [6.07, 6.45) is 1.81. The van der Waals surface area contributed by atoms with Crippen LogP contribution in [0.15, 0.2) is 17.3 Å². The number of aliphatic imine (C=N–C) groups is 1. The van der Waals surface area contributed by atoms with Crippen molar-refractivity contribution in [3.63, 3.8) is 0 Å². The van der Waals surface area contributed by atoms with E-state index in [1.807, 2.05) is 24.0 Å². The molecule has 1 aromatic rings. The zero-order valence-electron chi connectivity index (χ0n) is 8.40. The van der Waals surface area contributed by atoms with E-state index in [9.17, 15) is 0 Å². The summed E-state index contributed by atoms with van der Waals surface area (Å²) < 4.78 is 1.87. The van der Waals surface area contributed by atoms with Crippen LogP contribution in [0, 0.1) is 0 Å². The van der Waals surface area contributed by atoms with Crippen LogP contribution in [0.3, 0.4) is 0 Å². The molecule has 0 bridgehead atoms. The predicted octanol–water partition coefficient (Wildman–Crippen LogP) is 1.00. The molecule has 1 aliphatic rings. The van der Waals surface area contributed by atoms with E-state index in [2.05, 4.69) is 22.3 Å². The van der Waals surface area contributed by atoms with Gasteiger partial charge in [0.05, 0.1) is 18.8 Å². The molecule has 1 atom stereocenters. The van der Waals surface area contributed by atoms with Crippen molar-refractivity contribution in [3.8, 4) is 0 Å². The third kappa shape index (κ3) is 2.09. The molecule has 0 fully saturated rings. The van der Waals surface area contributed by atoms with Crippen LogP contribution in [0.1, 0.15) is 12.6 Å². The first-order chi connectivity index (χ1) is 6.75. The van der Waals surface area contributed by atoms with Crippen LogP contribution < -0.4 is 5.32 Å². The lowest BCUT2D eigenvalue weighted by atomic mass is 10.4. The van der Waals surface area contributed by atoms with Crippen molar-refractivity contribution in [1.29, 1.82) is 0 Å². The van der Waals surface area contributed by atoms with E-state index in [-0.39, 0.29) is 0 Å². The lowest BCUT2D eigenvalue weighted by Crippen LogP contribution is -2.20. The number of hydrogen-bond acceptors (Lipinski definition) is 4. The third-order valence-electron chi connectivity index (χ3n) is 2.15. The van der Waals surface area contributed by atoms with Crippen LogP contribution in [-0.2, 0) is 13.6 Å². The summed E-state index contributed by atoms with van der Waals surface area (Å²) in [5, 5.41) is 9.08. The Kier molecular flexibility index (Phi) is 2.77. The van der Waals surface area contributed by atoms with E-state index in [0.29, 0.717) is 5.25 Å². The second-order valence-corrected chi connectivity index (χ2v) is 4.80. The number of rotatable bonds is 2. The van der Waals surface area contributed by atoms with Crippen LogP contribution in [0.5, 0.6) is 0 Å². The predicted molar refractivity (Wildman–Crippen MR) is 59.4 cm³/mol. The SMILES string of the molecule is CC1CN=C(NCc2ccnn2C)S1. The van der Waals surface area contributed by atoms with E-state index < -0.39 is 0 Å². The van der Waals surface area contributed by atoms with Gasteiger partial charge in [-0.05, 0) is 6.07 Å². The average Bonchev–Trinajstić information content (AvgIpc) is 2.72. The van der Waals surface area contributed by atoms with Gasteiger partial charge in [-0.2, -0.15) is 5.10 Å². The normalized spacial score (nSPS) is 21.0. The number of thioether (sulfide) groups is 1. The summed E-state index contributed by atoms with van der Waals surface area (Å²) in [5.41, 5.74) is 1.17. The monoisotopic (exact) mass is 210 g/mol. The number of hydrogen-bond donors (Lipinski definition) is 1. The highest BCUT2D eigenvalue weighted by molar-refractivity contribution is 8.14. The molecule has 76 valence electrons. The minimum absolute atomic E-state index is 0.615. The Balaban J connectivity index is 1.86. The van der Waals surface area contributed by atoms with Crippen molar-refractivity contribution in [2.24, 2.45) is 12.0 Å². The van der Waals surface area contributed by atoms with Gasteiger partial charge in [0.15, 0.2) is 5.17 Å². The van der Waals surface area contributed by atoms with Crippen molar-refractivity contribution in [3.05, 3.63) is 18.0 Å². The highest BCUT2D eigenvalue weighted by Gasteiger charge is 2.14. The fourth-order valence-corrected chi connectivity index (χ4v) is 2.15.